The summed E-state index contributed by atoms with van der Waals surface area (Å²) in [6, 6.07) is 14.3. The first kappa shape index (κ1) is 21.8. The smallest absolute Gasteiger partial charge is 0.254 e. The van der Waals surface area contributed by atoms with Crippen LogP contribution in [-0.2, 0) is 20.0 Å². The molecule has 3 atom stereocenters. The van der Waals surface area contributed by atoms with Crippen LogP contribution in [0.25, 0.3) is 11.4 Å². The molecule has 2 aliphatic rings. The molecule has 0 bridgehead atoms. The molecular weight excluding hydrogens is 414 g/mol. The summed E-state index contributed by atoms with van der Waals surface area (Å²) in [6.45, 7) is 3.88. The molecule has 1 aromatic heterocycles. The quantitative estimate of drug-likeness (QED) is 0.610. The summed E-state index contributed by atoms with van der Waals surface area (Å²) in [5.74, 6) is 1.03. The van der Waals surface area contributed by atoms with Crippen molar-refractivity contribution in [1.29, 1.82) is 0 Å². The molecule has 33 heavy (non-hydrogen) atoms. The van der Waals surface area contributed by atoms with Crippen molar-refractivity contribution in [3.8, 4) is 11.4 Å². The second kappa shape index (κ2) is 9.08. The zero-order valence-electron chi connectivity index (χ0n) is 19.2. The Morgan fingerprint density at radius 3 is 2.79 bits per heavy atom. The van der Waals surface area contributed by atoms with E-state index < -0.39 is 6.10 Å². The number of carbonyl (C=O) groups is 1. The lowest BCUT2D eigenvalue weighted by Crippen LogP contribution is -2.52. The van der Waals surface area contributed by atoms with Crippen molar-refractivity contribution in [3.63, 3.8) is 0 Å². The van der Waals surface area contributed by atoms with E-state index in [4.69, 9.17) is 0 Å². The van der Waals surface area contributed by atoms with Crippen LogP contribution in [0.1, 0.15) is 52.7 Å². The third kappa shape index (κ3) is 4.18. The first-order valence-corrected chi connectivity index (χ1v) is 11.8. The fourth-order valence-electron chi connectivity index (χ4n) is 5.27. The fourth-order valence-corrected chi connectivity index (χ4v) is 5.27. The number of carbonyl (C=O) groups excluding carboxylic acids is 1. The number of hydrogen-bond acceptors (Lipinski definition) is 5. The number of amides is 1. The number of fused-ring (bicyclic) bond motifs is 2. The van der Waals surface area contributed by atoms with Gasteiger partial charge in [0.25, 0.3) is 5.91 Å². The van der Waals surface area contributed by atoms with E-state index in [2.05, 4.69) is 40.5 Å². The molecule has 2 aliphatic heterocycles. The average Bonchev–Trinajstić information content (AvgIpc) is 3.27. The van der Waals surface area contributed by atoms with Crippen molar-refractivity contribution in [2.75, 3.05) is 13.1 Å². The monoisotopic (exact) mass is 445 g/mol. The number of hydrogen-bond donors (Lipinski definition) is 2. The molecule has 0 radical (unpaired) electrons. The molecule has 1 amide bonds. The summed E-state index contributed by atoms with van der Waals surface area (Å²) in [5, 5.41) is 18.7. The van der Waals surface area contributed by atoms with Crippen LogP contribution in [0, 0.1) is 0 Å². The summed E-state index contributed by atoms with van der Waals surface area (Å²) < 4.78 is 1.75. The summed E-state index contributed by atoms with van der Waals surface area (Å²) in [7, 11) is 1.87. The molecule has 5 rings (SSSR count). The molecule has 0 aliphatic carbocycles. The molecule has 0 saturated carbocycles. The predicted molar refractivity (Wildman–Crippen MR) is 127 cm³/mol. The largest absolute Gasteiger partial charge is 0.390 e. The Hall–Kier alpha value is -3.03. The molecule has 172 valence electrons. The van der Waals surface area contributed by atoms with E-state index in [0.717, 1.165) is 48.3 Å². The minimum atomic E-state index is -0.621. The molecule has 0 spiro atoms. The number of nitrogens with one attached hydrogen (secondary N) is 1. The van der Waals surface area contributed by atoms with Crippen molar-refractivity contribution in [3.05, 3.63) is 71.0 Å². The van der Waals surface area contributed by atoms with Crippen LogP contribution in [0.4, 0.5) is 0 Å². The molecule has 0 saturated heterocycles. The van der Waals surface area contributed by atoms with E-state index in [1.54, 1.807) is 11.0 Å². The summed E-state index contributed by atoms with van der Waals surface area (Å²) in [4.78, 5) is 19.6. The normalized spacial score (nSPS) is 20.9. The van der Waals surface area contributed by atoms with Crippen LogP contribution in [0.5, 0.6) is 0 Å². The lowest BCUT2D eigenvalue weighted by atomic mass is 9.84. The van der Waals surface area contributed by atoms with Gasteiger partial charge in [0.1, 0.15) is 6.33 Å². The zero-order chi connectivity index (χ0) is 22.9. The highest BCUT2D eigenvalue weighted by Gasteiger charge is 2.34. The first-order chi connectivity index (χ1) is 16.0. The van der Waals surface area contributed by atoms with Gasteiger partial charge in [-0.3, -0.25) is 4.79 Å². The number of aliphatic hydroxyl groups excluding tert-OH is 1. The third-order valence-corrected chi connectivity index (χ3v) is 7.04. The Balaban J connectivity index is 1.36. The van der Waals surface area contributed by atoms with E-state index in [-0.39, 0.29) is 17.9 Å². The number of benzene rings is 2. The number of nitrogens with zero attached hydrogens (tertiary/aromatic N) is 4. The van der Waals surface area contributed by atoms with Gasteiger partial charge in [-0.25, -0.2) is 9.67 Å². The Labute approximate surface area is 194 Å². The van der Waals surface area contributed by atoms with Gasteiger partial charge in [0.15, 0.2) is 5.82 Å². The number of aliphatic hydroxyl groups is 1. The third-order valence-electron chi connectivity index (χ3n) is 7.04. The van der Waals surface area contributed by atoms with E-state index in [1.165, 1.54) is 11.1 Å². The van der Waals surface area contributed by atoms with Crippen molar-refractivity contribution >= 4 is 5.91 Å². The van der Waals surface area contributed by atoms with Crippen LogP contribution in [0.15, 0.2) is 48.8 Å². The maximum atomic E-state index is 13.4. The Bertz CT molecular complexity index is 1160. The van der Waals surface area contributed by atoms with Crippen LogP contribution < -0.4 is 5.32 Å². The van der Waals surface area contributed by atoms with Crippen LogP contribution in [-0.4, -0.2) is 55.9 Å². The molecule has 0 fully saturated rings. The van der Waals surface area contributed by atoms with Crippen LogP contribution in [0.2, 0.25) is 0 Å². The molecule has 3 heterocycles. The topological polar surface area (TPSA) is 83.3 Å². The summed E-state index contributed by atoms with van der Waals surface area (Å²) >= 11 is 0. The van der Waals surface area contributed by atoms with Crippen molar-refractivity contribution in [2.45, 2.75) is 50.8 Å². The van der Waals surface area contributed by atoms with Crippen LogP contribution in [0.3, 0.4) is 0 Å². The van der Waals surface area contributed by atoms with Crippen molar-refractivity contribution in [2.24, 2.45) is 7.05 Å². The fraction of sp³-hybridized carbons (Fsp3) is 0.423. The number of β-amino-alcohol motifs (C(OH)–C–C–N with tert-alkyl or cyclic N) is 1. The number of rotatable bonds is 6. The predicted octanol–water partition coefficient (Wildman–Crippen LogP) is 2.90. The molecule has 7 nitrogen and oxygen atoms in total. The van der Waals surface area contributed by atoms with E-state index in [0.29, 0.717) is 13.1 Å². The van der Waals surface area contributed by atoms with Crippen molar-refractivity contribution < 1.29 is 9.90 Å². The van der Waals surface area contributed by atoms with Gasteiger partial charge >= 0.3 is 0 Å². The molecule has 7 heteroatoms. The Morgan fingerprint density at radius 2 is 2.03 bits per heavy atom. The SMILES string of the molecule is CCC[C@H]1CN(C[C@@H](O)[C@@H]2Cc3ccccc3CN2)C(=O)c2ccc(-c3ncnn3C)cc21. The molecule has 2 N–H and O–H groups in total. The summed E-state index contributed by atoms with van der Waals surface area (Å²) in [5.41, 5.74) is 5.35. The molecule has 0 unspecified atom stereocenters. The molecule has 3 aromatic rings. The maximum Gasteiger partial charge on any atom is 0.254 e. The number of aryl methyl sites for hydroxylation is 1. The van der Waals surface area contributed by atoms with E-state index in [9.17, 15) is 9.90 Å². The Morgan fingerprint density at radius 1 is 1.21 bits per heavy atom. The summed E-state index contributed by atoms with van der Waals surface area (Å²) in [6.07, 6.45) is 3.72. The highest BCUT2D eigenvalue weighted by molar-refractivity contribution is 5.97. The van der Waals surface area contributed by atoms with Crippen LogP contribution >= 0.6 is 0 Å². The van der Waals surface area contributed by atoms with Gasteiger partial charge in [-0.1, -0.05) is 43.7 Å². The zero-order valence-corrected chi connectivity index (χ0v) is 19.2. The lowest BCUT2D eigenvalue weighted by molar-refractivity contribution is 0.0483. The highest BCUT2D eigenvalue weighted by atomic mass is 16.3. The average molecular weight is 446 g/mol. The van der Waals surface area contributed by atoms with Gasteiger partial charge in [0.2, 0.25) is 0 Å². The minimum absolute atomic E-state index is 0.00266. The maximum absolute atomic E-state index is 13.4. The number of aromatic nitrogens is 3. The van der Waals surface area contributed by atoms with Gasteiger partial charge < -0.3 is 15.3 Å². The lowest BCUT2D eigenvalue weighted by Gasteiger charge is -2.38. The second-order valence-corrected chi connectivity index (χ2v) is 9.23. The van der Waals surface area contributed by atoms with Gasteiger partial charge in [-0.05, 0) is 41.7 Å². The standard InChI is InChI=1S/C26H31N5O2/c1-3-6-20-14-31(15-24(32)23-12-17-7-4-5-8-19(17)13-27-23)26(33)21-10-9-18(11-22(20)21)25-28-16-29-30(25)2/h4-5,7-11,16,20,23-24,27,32H,3,6,12-15H2,1-2H3/t20-,23-,24+/m0/s1. The van der Waals surface area contributed by atoms with E-state index in [1.807, 2.05) is 36.2 Å². The molecule has 2 aromatic carbocycles. The minimum Gasteiger partial charge on any atom is -0.390 e. The Kier molecular flexibility index (Phi) is 6.00. The second-order valence-electron chi connectivity index (χ2n) is 9.23. The first-order valence-electron chi connectivity index (χ1n) is 11.8. The van der Waals surface area contributed by atoms with Gasteiger partial charge in [-0.15, -0.1) is 0 Å². The highest BCUT2D eigenvalue weighted by Crippen LogP contribution is 2.34. The van der Waals surface area contributed by atoms with Gasteiger partial charge in [0, 0.05) is 49.8 Å². The molecular formula is C26H31N5O2. The van der Waals surface area contributed by atoms with Gasteiger partial charge in [0.05, 0.1) is 6.10 Å². The van der Waals surface area contributed by atoms with Gasteiger partial charge in [-0.2, -0.15) is 5.10 Å². The van der Waals surface area contributed by atoms with Crippen molar-refractivity contribution in [1.82, 2.24) is 25.0 Å². The van der Waals surface area contributed by atoms with E-state index >= 15 is 0 Å².